The molecule has 1 fully saturated rings. The molecule has 0 amide bonds. The number of nitrogens with one attached hydrogen (secondary N) is 1. The van der Waals surface area contributed by atoms with Crippen molar-refractivity contribution in [2.24, 2.45) is 0 Å². The summed E-state index contributed by atoms with van der Waals surface area (Å²) in [5.41, 5.74) is 6.64. The summed E-state index contributed by atoms with van der Waals surface area (Å²) in [4.78, 5) is 15.7. The van der Waals surface area contributed by atoms with Gasteiger partial charge >= 0.3 is 5.97 Å². The number of nitrogens with two attached hydrogens (primary N) is 1. The standard InChI is InChI=1S/C13H19N3O3/c1-8-7-9(5-6-19-8)15-12-10(14)3-4-11(16-12)13(17)18-2/h3-4,8-9H,5-7,14H2,1-2H3,(H,15,16). The Hall–Kier alpha value is -1.82. The van der Waals surface area contributed by atoms with E-state index in [2.05, 4.69) is 15.0 Å². The number of aromatic nitrogens is 1. The molecule has 104 valence electrons. The van der Waals surface area contributed by atoms with Gasteiger partial charge in [-0.25, -0.2) is 9.78 Å². The highest BCUT2D eigenvalue weighted by molar-refractivity contribution is 5.88. The zero-order chi connectivity index (χ0) is 13.8. The normalized spacial score (nSPS) is 22.8. The van der Waals surface area contributed by atoms with Gasteiger partial charge < -0.3 is 20.5 Å². The molecule has 6 heteroatoms. The van der Waals surface area contributed by atoms with E-state index in [0.717, 1.165) is 19.4 Å². The number of ether oxygens (including phenoxy) is 2. The summed E-state index contributed by atoms with van der Waals surface area (Å²) in [5, 5.41) is 3.28. The molecule has 6 nitrogen and oxygen atoms in total. The second-order valence-electron chi connectivity index (χ2n) is 4.67. The second-order valence-corrected chi connectivity index (χ2v) is 4.67. The Morgan fingerprint density at radius 2 is 2.37 bits per heavy atom. The summed E-state index contributed by atoms with van der Waals surface area (Å²) in [5.74, 6) is 0.0606. The highest BCUT2D eigenvalue weighted by Gasteiger charge is 2.20. The minimum Gasteiger partial charge on any atom is -0.464 e. The number of methoxy groups -OCH3 is 1. The first kappa shape index (κ1) is 13.6. The first-order chi connectivity index (χ1) is 9.10. The number of pyridine rings is 1. The van der Waals surface area contributed by atoms with Crippen LogP contribution in [0.3, 0.4) is 0 Å². The molecule has 0 aliphatic carbocycles. The number of anilines is 2. The quantitative estimate of drug-likeness (QED) is 0.804. The Morgan fingerprint density at radius 1 is 1.58 bits per heavy atom. The van der Waals surface area contributed by atoms with E-state index in [1.54, 1.807) is 12.1 Å². The molecule has 2 unspecified atom stereocenters. The zero-order valence-corrected chi connectivity index (χ0v) is 11.2. The number of carbonyl (C=O) groups is 1. The van der Waals surface area contributed by atoms with Gasteiger partial charge in [0.2, 0.25) is 0 Å². The summed E-state index contributed by atoms with van der Waals surface area (Å²) in [6.45, 7) is 2.75. The van der Waals surface area contributed by atoms with Crippen LogP contribution in [0, 0.1) is 0 Å². The molecule has 1 saturated heterocycles. The van der Waals surface area contributed by atoms with E-state index >= 15 is 0 Å². The van der Waals surface area contributed by atoms with Crippen LogP contribution in [-0.4, -0.2) is 36.8 Å². The Kier molecular flexibility index (Phi) is 4.21. The summed E-state index contributed by atoms with van der Waals surface area (Å²) in [7, 11) is 1.33. The van der Waals surface area contributed by atoms with E-state index in [9.17, 15) is 4.79 Å². The lowest BCUT2D eigenvalue weighted by molar-refractivity contribution is 0.0231. The summed E-state index contributed by atoms with van der Waals surface area (Å²) >= 11 is 0. The number of nitrogens with zero attached hydrogens (tertiary/aromatic N) is 1. The van der Waals surface area contributed by atoms with Gasteiger partial charge in [0.25, 0.3) is 0 Å². The van der Waals surface area contributed by atoms with Crippen LogP contribution in [0.4, 0.5) is 11.5 Å². The number of carbonyl (C=O) groups excluding carboxylic acids is 1. The molecule has 3 N–H and O–H groups in total. The van der Waals surface area contributed by atoms with E-state index in [1.165, 1.54) is 7.11 Å². The molecule has 0 saturated carbocycles. The lowest BCUT2D eigenvalue weighted by Crippen LogP contribution is -2.33. The fourth-order valence-corrected chi connectivity index (χ4v) is 2.13. The third kappa shape index (κ3) is 3.35. The SMILES string of the molecule is COC(=O)c1ccc(N)c(NC2CCOC(C)C2)n1. The van der Waals surface area contributed by atoms with Crippen LogP contribution in [0.1, 0.15) is 30.3 Å². The van der Waals surface area contributed by atoms with Gasteiger partial charge in [-0.15, -0.1) is 0 Å². The molecule has 0 aromatic carbocycles. The number of esters is 1. The molecule has 1 aliphatic rings. The van der Waals surface area contributed by atoms with E-state index < -0.39 is 5.97 Å². The van der Waals surface area contributed by atoms with Gasteiger partial charge in [0.1, 0.15) is 5.82 Å². The van der Waals surface area contributed by atoms with Crippen molar-refractivity contribution in [3.63, 3.8) is 0 Å². The molecule has 2 heterocycles. The highest BCUT2D eigenvalue weighted by Crippen LogP contribution is 2.22. The van der Waals surface area contributed by atoms with Crippen LogP contribution in [-0.2, 0) is 9.47 Å². The van der Waals surface area contributed by atoms with Crippen molar-refractivity contribution in [3.05, 3.63) is 17.8 Å². The van der Waals surface area contributed by atoms with Crippen molar-refractivity contribution in [2.45, 2.75) is 31.9 Å². The molecule has 2 rings (SSSR count). The third-order valence-corrected chi connectivity index (χ3v) is 3.15. The van der Waals surface area contributed by atoms with Gasteiger partial charge in [-0.05, 0) is 31.9 Å². The van der Waals surface area contributed by atoms with Gasteiger partial charge in [0, 0.05) is 12.6 Å². The molecule has 1 aromatic rings. The van der Waals surface area contributed by atoms with Gasteiger partial charge in [-0.1, -0.05) is 0 Å². The molecule has 0 spiro atoms. The first-order valence-electron chi connectivity index (χ1n) is 6.33. The summed E-state index contributed by atoms with van der Waals surface area (Å²) < 4.78 is 10.1. The second kappa shape index (κ2) is 5.88. The maximum Gasteiger partial charge on any atom is 0.356 e. The molecule has 0 bridgehead atoms. The minimum atomic E-state index is -0.469. The van der Waals surface area contributed by atoms with Gasteiger partial charge in [-0.3, -0.25) is 0 Å². The van der Waals surface area contributed by atoms with Crippen molar-refractivity contribution in [1.29, 1.82) is 0 Å². The summed E-state index contributed by atoms with van der Waals surface area (Å²) in [6.07, 6.45) is 2.01. The first-order valence-corrected chi connectivity index (χ1v) is 6.33. The predicted octanol–water partition coefficient (Wildman–Crippen LogP) is 1.43. The molecule has 1 aromatic heterocycles. The summed E-state index contributed by atoms with van der Waals surface area (Å²) in [6, 6.07) is 3.47. The maximum absolute atomic E-state index is 11.4. The molecule has 19 heavy (non-hydrogen) atoms. The number of nitrogen functional groups attached to an aromatic ring is 1. The van der Waals surface area contributed by atoms with E-state index in [0.29, 0.717) is 11.5 Å². The van der Waals surface area contributed by atoms with Crippen LogP contribution in [0.15, 0.2) is 12.1 Å². The Bertz CT molecular complexity index is 464. The van der Waals surface area contributed by atoms with Gasteiger partial charge in [0.15, 0.2) is 5.69 Å². The lowest BCUT2D eigenvalue weighted by atomic mass is 10.0. The van der Waals surface area contributed by atoms with Crippen molar-refractivity contribution in [2.75, 3.05) is 24.8 Å². The van der Waals surface area contributed by atoms with Crippen LogP contribution in [0.5, 0.6) is 0 Å². The van der Waals surface area contributed by atoms with Crippen LogP contribution in [0.25, 0.3) is 0 Å². The Morgan fingerprint density at radius 3 is 3.05 bits per heavy atom. The largest absolute Gasteiger partial charge is 0.464 e. The average Bonchev–Trinajstić information content (AvgIpc) is 2.40. The molecular formula is C13H19N3O3. The Labute approximate surface area is 112 Å². The molecule has 2 atom stereocenters. The van der Waals surface area contributed by atoms with E-state index in [4.69, 9.17) is 10.5 Å². The predicted molar refractivity (Wildman–Crippen MR) is 72.0 cm³/mol. The highest BCUT2D eigenvalue weighted by atomic mass is 16.5. The molecule has 0 radical (unpaired) electrons. The monoisotopic (exact) mass is 265 g/mol. The maximum atomic E-state index is 11.4. The lowest BCUT2D eigenvalue weighted by Gasteiger charge is -2.28. The van der Waals surface area contributed by atoms with Crippen LogP contribution in [0.2, 0.25) is 0 Å². The fourth-order valence-electron chi connectivity index (χ4n) is 2.13. The van der Waals surface area contributed by atoms with Crippen LogP contribution < -0.4 is 11.1 Å². The fraction of sp³-hybridized carbons (Fsp3) is 0.538. The number of hydrogen-bond donors (Lipinski definition) is 2. The zero-order valence-electron chi connectivity index (χ0n) is 11.2. The third-order valence-electron chi connectivity index (χ3n) is 3.15. The average molecular weight is 265 g/mol. The van der Waals surface area contributed by atoms with E-state index in [-0.39, 0.29) is 17.8 Å². The van der Waals surface area contributed by atoms with E-state index in [1.807, 2.05) is 6.92 Å². The van der Waals surface area contributed by atoms with Crippen molar-refractivity contribution < 1.29 is 14.3 Å². The Balaban J connectivity index is 2.12. The molecular weight excluding hydrogens is 246 g/mol. The smallest absolute Gasteiger partial charge is 0.356 e. The van der Waals surface area contributed by atoms with Crippen molar-refractivity contribution >= 4 is 17.5 Å². The van der Waals surface area contributed by atoms with Gasteiger partial charge in [0.05, 0.1) is 18.9 Å². The topological polar surface area (TPSA) is 86.5 Å². The number of hydrogen-bond acceptors (Lipinski definition) is 6. The number of rotatable bonds is 3. The minimum absolute atomic E-state index is 0.219. The van der Waals surface area contributed by atoms with Crippen molar-refractivity contribution in [3.8, 4) is 0 Å². The van der Waals surface area contributed by atoms with Gasteiger partial charge in [-0.2, -0.15) is 0 Å². The van der Waals surface area contributed by atoms with Crippen molar-refractivity contribution in [1.82, 2.24) is 4.98 Å². The van der Waals surface area contributed by atoms with Crippen LogP contribution >= 0.6 is 0 Å². The molecule has 1 aliphatic heterocycles.